The Morgan fingerprint density at radius 2 is 1.61 bits per heavy atom. The molecule has 198 valence electrons. The van der Waals surface area contributed by atoms with Crippen LogP contribution in [0.25, 0.3) is 5.76 Å². The number of anilines is 2. The highest BCUT2D eigenvalue weighted by molar-refractivity contribution is 6.51. The van der Waals surface area contributed by atoms with E-state index in [1.165, 1.54) is 19.1 Å². The van der Waals surface area contributed by atoms with Crippen molar-refractivity contribution >= 4 is 28.8 Å². The number of aryl methyl sites for hydroxylation is 2. The van der Waals surface area contributed by atoms with Crippen LogP contribution in [0, 0.1) is 13.8 Å². The molecule has 38 heavy (non-hydrogen) atoms. The van der Waals surface area contributed by atoms with Gasteiger partial charge in [0.25, 0.3) is 11.7 Å². The number of amides is 1. The lowest BCUT2D eigenvalue weighted by molar-refractivity contribution is -0.132. The summed E-state index contributed by atoms with van der Waals surface area (Å²) in [6.45, 7) is 9.74. The molecule has 1 heterocycles. The van der Waals surface area contributed by atoms with Crippen molar-refractivity contribution in [2.24, 2.45) is 0 Å². The lowest BCUT2D eigenvalue weighted by atomic mass is 9.94. The Bertz CT molecular complexity index is 1390. The van der Waals surface area contributed by atoms with Gasteiger partial charge in [0.15, 0.2) is 0 Å². The largest absolute Gasteiger partial charge is 0.507 e. The standard InChI is InChI=1S/C31H34N2O5/c1-7-32(8-2)22-13-11-21(12-14-22)28-27(29(34)24-16-15-23(37-5)18-26(24)38-6)30(35)31(36)33(28)25-17-19(3)9-10-20(25)4/h9-18,28,34H,7-8H2,1-6H3/b29-27-. The average molecular weight is 515 g/mol. The molecule has 1 aliphatic rings. The number of ketones is 1. The maximum absolute atomic E-state index is 13.6. The number of methoxy groups -OCH3 is 2. The van der Waals surface area contributed by atoms with Gasteiger partial charge < -0.3 is 19.5 Å². The van der Waals surface area contributed by atoms with E-state index >= 15 is 0 Å². The molecule has 0 aliphatic carbocycles. The van der Waals surface area contributed by atoms with Crippen molar-refractivity contribution in [1.29, 1.82) is 0 Å². The quantitative estimate of drug-likeness (QED) is 0.233. The van der Waals surface area contributed by atoms with Crippen LogP contribution in [0.4, 0.5) is 11.4 Å². The van der Waals surface area contributed by atoms with Crippen LogP contribution in [-0.4, -0.2) is 44.1 Å². The number of carbonyl (C=O) groups is 2. The first kappa shape index (κ1) is 26.8. The van der Waals surface area contributed by atoms with Crippen molar-refractivity contribution in [2.75, 3.05) is 37.1 Å². The average Bonchev–Trinajstić information content (AvgIpc) is 3.20. The van der Waals surface area contributed by atoms with Crippen LogP contribution in [0.2, 0.25) is 0 Å². The van der Waals surface area contributed by atoms with Crippen molar-refractivity contribution in [2.45, 2.75) is 33.7 Å². The predicted octanol–water partition coefficient (Wildman–Crippen LogP) is 5.79. The second-order valence-corrected chi connectivity index (χ2v) is 9.29. The summed E-state index contributed by atoms with van der Waals surface area (Å²) in [5, 5.41) is 11.6. The van der Waals surface area contributed by atoms with E-state index < -0.39 is 17.7 Å². The molecule has 1 atom stereocenters. The van der Waals surface area contributed by atoms with Gasteiger partial charge >= 0.3 is 0 Å². The third kappa shape index (κ3) is 4.72. The Morgan fingerprint density at radius 3 is 2.21 bits per heavy atom. The SMILES string of the molecule is CCN(CC)c1ccc(C2/C(=C(/O)c3ccc(OC)cc3OC)C(=O)C(=O)N2c2cc(C)ccc2C)cc1. The molecule has 0 saturated carbocycles. The van der Waals surface area contributed by atoms with E-state index in [2.05, 4.69) is 18.7 Å². The van der Waals surface area contributed by atoms with E-state index in [9.17, 15) is 14.7 Å². The summed E-state index contributed by atoms with van der Waals surface area (Å²) < 4.78 is 10.8. The molecule has 1 aliphatic heterocycles. The number of hydrogen-bond donors (Lipinski definition) is 1. The number of rotatable bonds is 8. The summed E-state index contributed by atoms with van der Waals surface area (Å²) >= 11 is 0. The van der Waals surface area contributed by atoms with E-state index in [1.54, 1.807) is 18.2 Å². The van der Waals surface area contributed by atoms with E-state index in [0.717, 1.165) is 35.5 Å². The zero-order chi connectivity index (χ0) is 27.6. The molecule has 7 nitrogen and oxygen atoms in total. The highest BCUT2D eigenvalue weighted by Gasteiger charge is 2.47. The summed E-state index contributed by atoms with van der Waals surface area (Å²) in [6, 6.07) is 17.7. The zero-order valence-electron chi connectivity index (χ0n) is 22.7. The molecular weight excluding hydrogens is 480 g/mol. The minimum absolute atomic E-state index is 0.00922. The van der Waals surface area contributed by atoms with Crippen LogP contribution in [0.5, 0.6) is 11.5 Å². The molecule has 0 spiro atoms. The molecule has 1 saturated heterocycles. The zero-order valence-corrected chi connectivity index (χ0v) is 22.7. The summed E-state index contributed by atoms with van der Waals surface area (Å²) in [5.74, 6) is -0.869. The molecule has 1 fully saturated rings. The Balaban J connectivity index is 1.96. The predicted molar refractivity (Wildman–Crippen MR) is 150 cm³/mol. The summed E-state index contributed by atoms with van der Waals surface area (Å²) in [7, 11) is 3.01. The van der Waals surface area contributed by atoms with Crippen molar-refractivity contribution < 1.29 is 24.2 Å². The maximum atomic E-state index is 13.6. The minimum atomic E-state index is -0.826. The Morgan fingerprint density at radius 1 is 0.921 bits per heavy atom. The van der Waals surface area contributed by atoms with E-state index in [4.69, 9.17) is 9.47 Å². The highest BCUT2D eigenvalue weighted by Crippen LogP contribution is 2.45. The summed E-state index contributed by atoms with van der Waals surface area (Å²) in [6.07, 6.45) is 0. The number of Topliss-reactive ketones (excluding diaryl/α,β-unsaturated/α-hetero) is 1. The number of benzene rings is 3. The molecule has 0 bridgehead atoms. The molecule has 3 aromatic rings. The molecule has 1 N–H and O–H groups in total. The van der Waals surface area contributed by atoms with Crippen LogP contribution in [-0.2, 0) is 9.59 Å². The smallest absolute Gasteiger partial charge is 0.300 e. The van der Waals surface area contributed by atoms with E-state index in [0.29, 0.717) is 22.7 Å². The Labute approximate surface area is 223 Å². The molecule has 4 rings (SSSR count). The van der Waals surface area contributed by atoms with Gasteiger partial charge in [-0.15, -0.1) is 0 Å². The van der Waals surface area contributed by atoms with Crippen LogP contribution in [0.1, 0.15) is 42.1 Å². The number of carbonyl (C=O) groups excluding carboxylic acids is 2. The Kier molecular flexibility index (Phi) is 7.76. The minimum Gasteiger partial charge on any atom is -0.507 e. The van der Waals surface area contributed by atoms with Gasteiger partial charge in [0.1, 0.15) is 17.3 Å². The topological polar surface area (TPSA) is 79.3 Å². The molecule has 7 heteroatoms. The third-order valence-corrected chi connectivity index (χ3v) is 7.07. The second kappa shape index (κ2) is 11.0. The van der Waals surface area contributed by atoms with Crippen molar-refractivity contribution in [3.05, 3.63) is 88.5 Å². The van der Waals surface area contributed by atoms with Crippen molar-refractivity contribution in [3.63, 3.8) is 0 Å². The van der Waals surface area contributed by atoms with Gasteiger partial charge in [-0.1, -0.05) is 24.3 Å². The fourth-order valence-corrected chi connectivity index (χ4v) is 4.97. The summed E-state index contributed by atoms with van der Waals surface area (Å²) in [5.41, 5.74) is 4.51. The second-order valence-electron chi connectivity index (χ2n) is 9.29. The highest BCUT2D eigenvalue weighted by atomic mass is 16.5. The maximum Gasteiger partial charge on any atom is 0.300 e. The van der Waals surface area contributed by atoms with E-state index in [-0.39, 0.29) is 11.3 Å². The van der Waals surface area contributed by atoms with Crippen LogP contribution >= 0.6 is 0 Å². The first-order valence-electron chi connectivity index (χ1n) is 12.7. The number of aliphatic hydroxyl groups excluding tert-OH is 1. The third-order valence-electron chi connectivity index (χ3n) is 7.07. The lowest BCUT2D eigenvalue weighted by Crippen LogP contribution is -2.30. The van der Waals surface area contributed by atoms with Gasteiger partial charge in [0.2, 0.25) is 0 Å². The number of hydrogen-bond acceptors (Lipinski definition) is 6. The molecular formula is C31H34N2O5. The van der Waals surface area contributed by atoms with Gasteiger partial charge in [0, 0.05) is 30.5 Å². The van der Waals surface area contributed by atoms with Gasteiger partial charge in [0.05, 0.1) is 31.4 Å². The van der Waals surface area contributed by atoms with Crippen molar-refractivity contribution in [1.82, 2.24) is 0 Å². The first-order chi connectivity index (χ1) is 18.2. The van der Waals surface area contributed by atoms with Crippen LogP contribution in [0.3, 0.4) is 0 Å². The van der Waals surface area contributed by atoms with Gasteiger partial charge in [-0.25, -0.2) is 0 Å². The van der Waals surface area contributed by atoms with Gasteiger partial charge in [-0.05, 0) is 74.7 Å². The van der Waals surface area contributed by atoms with Crippen LogP contribution < -0.4 is 19.3 Å². The first-order valence-corrected chi connectivity index (χ1v) is 12.7. The van der Waals surface area contributed by atoms with Crippen molar-refractivity contribution in [3.8, 4) is 11.5 Å². The molecule has 0 aromatic heterocycles. The normalized spacial score (nSPS) is 16.6. The molecule has 1 amide bonds. The fraction of sp³-hybridized carbons (Fsp3) is 0.290. The molecule has 3 aromatic carbocycles. The van der Waals surface area contributed by atoms with Crippen LogP contribution in [0.15, 0.2) is 66.2 Å². The molecule has 0 radical (unpaired) electrons. The molecule has 1 unspecified atom stereocenters. The monoisotopic (exact) mass is 514 g/mol. The number of ether oxygens (including phenoxy) is 2. The number of nitrogens with zero attached hydrogens (tertiary/aromatic N) is 2. The van der Waals surface area contributed by atoms with E-state index in [1.807, 2.05) is 56.3 Å². The van der Waals surface area contributed by atoms with Gasteiger partial charge in [-0.2, -0.15) is 0 Å². The summed E-state index contributed by atoms with van der Waals surface area (Å²) in [4.78, 5) is 30.9. The lowest BCUT2D eigenvalue weighted by Gasteiger charge is -2.28. The van der Waals surface area contributed by atoms with Gasteiger partial charge in [-0.3, -0.25) is 14.5 Å². The Hall–Kier alpha value is -4.26. The fourth-order valence-electron chi connectivity index (χ4n) is 4.97. The number of aliphatic hydroxyl groups is 1.